The maximum absolute atomic E-state index is 12.4. The molecule has 1 aliphatic rings. The Labute approximate surface area is 122 Å². The normalized spacial score (nSPS) is 17.5. The minimum absolute atomic E-state index is 0.0955. The minimum Gasteiger partial charge on any atom is -0.357 e. The average molecular weight is 291 g/mol. The highest BCUT2D eigenvalue weighted by Crippen LogP contribution is 2.24. The van der Waals surface area contributed by atoms with E-state index in [-0.39, 0.29) is 17.9 Å². The summed E-state index contributed by atoms with van der Waals surface area (Å²) in [4.78, 5) is 27.3. The van der Waals surface area contributed by atoms with Gasteiger partial charge in [-0.05, 0) is 25.0 Å². The smallest absolute Gasteiger partial charge is 0.264 e. The Morgan fingerprint density at radius 2 is 2.35 bits per heavy atom. The van der Waals surface area contributed by atoms with Crippen LogP contribution in [0.1, 0.15) is 27.4 Å². The first kappa shape index (κ1) is 14.6. The van der Waals surface area contributed by atoms with E-state index in [4.69, 9.17) is 5.73 Å². The van der Waals surface area contributed by atoms with Gasteiger partial charge in [-0.25, -0.2) is 0 Å². The molecule has 0 aromatic carbocycles. The summed E-state index contributed by atoms with van der Waals surface area (Å²) < 4.78 is 0. The van der Waals surface area contributed by atoms with Crippen LogP contribution in [0.5, 0.6) is 0 Å². The topological polar surface area (TPSA) is 75.4 Å². The van der Waals surface area contributed by atoms with Crippen LogP contribution in [0, 0.1) is 11.8 Å². The standard InChI is InChI=1S/C14H17N3O2S/c1-16-13(18)11-5-3-9-17(11)14(19)12-7-6-10(20-12)4-2-8-15/h6-7,11H,3,5,8-9,15H2,1H3,(H,16,18). The fourth-order valence-corrected chi connectivity index (χ4v) is 3.09. The Morgan fingerprint density at radius 3 is 3.05 bits per heavy atom. The molecular formula is C14H17N3O2S. The Kier molecular flexibility index (Phi) is 4.77. The van der Waals surface area contributed by atoms with Crippen molar-refractivity contribution in [2.45, 2.75) is 18.9 Å². The number of thiophene rings is 1. The Bertz CT molecular complexity index is 570. The first-order valence-corrected chi connectivity index (χ1v) is 7.30. The Morgan fingerprint density at radius 1 is 1.55 bits per heavy atom. The van der Waals surface area contributed by atoms with E-state index < -0.39 is 0 Å². The van der Waals surface area contributed by atoms with Crippen LogP contribution < -0.4 is 11.1 Å². The molecule has 1 atom stereocenters. The zero-order valence-electron chi connectivity index (χ0n) is 11.3. The third kappa shape index (κ3) is 3.00. The van der Waals surface area contributed by atoms with Crippen molar-refractivity contribution in [1.29, 1.82) is 0 Å². The number of likely N-dealkylation sites (N-methyl/N-ethyl adjacent to an activating group) is 1. The number of nitrogens with two attached hydrogens (primary N) is 1. The highest BCUT2D eigenvalue weighted by molar-refractivity contribution is 7.14. The molecule has 106 valence electrons. The number of nitrogens with zero attached hydrogens (tertiary/aromatic N) is 1. The van der Waals surface area contributed by atoms with Gasteiger partial charge in [-0.3, -0.25) is 9.59 Å². The van der Waals surface area contributed by atoms with E-state index in [0.717, 1.165) is 17.7 Å². The number of hydrogen-bond donors (Lipinski definition) is 2. The maximum Gasteiger partial charge on any atom is 0.264 e. The minimum atomic E-state index is -0.354. The van der Waals surface area contributed by atoms with Crippen LogP contribution in [-0.2, 0) is 4.79 Å². The van der Waals surface area contributed by atoms with Gasteiger partial charge in [-0.2, -0.15) is 0 Å². The van der Waals surface area contributed by atoms with Crippen LogP contribution >= 0.6 is 11.3 Å². The molecule has 0 aliphatic carbocycles. The summed E-state index contributed by atoms with van der Waals surface area (Å²) in [6, 6.07) is 3.21. The summed E-state index contributed by atoms with van der Waals surface area (Å²) in [6.45, 7) is 0.921. The maximum atomic E-state index is 12.4. The fourth-order valence-electron chi connectivity index (χ4n) is 2.25. The van der Waals surface area contributed by atoms with Gasteiger partial charge in [0.1, 0.15) is 6.04 Å². The zero-order valence-corrected chi connectivity index (χ0v) is 12.1. The molecule has 1 aromatic heterocycles. The van der Waals surface area contributed by atoms with E-state index in [1.165, 1.54) is 11.3 Å². The Hall–Kier alpha value is -1.84. The van der Waals surface area contributed by atoms with Gasteiger partial charge in [0.2, 0.25) is 5.91 Å². The number of rotatable bonds is 2. The van der Waals surface area contributed by atoms with Crippen LogP contribution in [0.2, 0.25) is 0 Å². The number of carbonyl (C=O) groups is 2. The van der Waals surface area contributed by atoms with Crippen LogP contribution in [-0.4, -0.2) is 42.9 Å². The molecule has 1 aliphatic heterocycles. The number of likely N-dealkylation sites (tertiary alicyclic amines) is 1. The molecule has 0 saturated carbocycles. The van der Waals surface area contributed by atoms with Crippen LogP contribution in [0.3, 0.4) is 0 Å². The molecule has 2 heterocycles. The van der Waals surface area contributed by atoms with Crippen molar-refractivity contribution >= 4 is 23.2 Å². The Balaban J connectivity index is 2.14. The van der Waals surface area contributed by atoms with Crippen LogP contribution in [0.4, 0.5) is 0 Å². The molecule has 1 aromatic rings. The second-order valence-corrected chi connectivity index (χ2v) is 5.52. The van der Waals surface area contributed by atoms with Gasteiger partial charge in [0.25, 0.3) is 5.91 Å². The molecule has 20 heavy (non-hydrogen) atoms. The van der Waals surface area contributed by atoms with E-state index in [1.54, 1.807) is 18.0 Å². The van der Waals surface area contributed by atoms with Gasteiger partial charge in [0, 0.05) is 13.6 Å². The van der Waals surface area contributed by atoms with E-state index >= 15 is 0 Å². The summed E-state index contributed by atoms with van der Waals surface area (Å²) in [5.74, 6) is 5.47. The van der Waals surface area contributed by atoms with Gasteiger partial charge in [0.15, 0.2) is 0 Å². The third-order valence-electron chi connectivity index (χ3n) is 3.19. The van der Waals surface area contributed by atoms with E-state index in [2.05, 4.69) is 17.2 Å². The predicted molar refractivity (Wildman–Crippen MR) is 78.4 cm³/mol. The number of hydrogen-bond acceptors (Lipinski definition) is 4. The average Bonchev–Trinajstić information content (AvgIpc) is 3.12. The van der Waals surface area contributed by atoms with Crippen molar-refractivity contribution in [3.63, 3.8) is 0 Å². The number of nitrogens with one attached hydrogen (secondary N) is 1. The first-order chi connectivity index (χ1) is 9.67. The molecule has 3 N–H and O–H groups in total. The second-order valence-electron chi connectivity index (χ2n) is 4.44. The largest absolute Gasteiger partial charge is 0.357 e. The SMILES string of the molecule is CNC(=O)C1CCCN1C(=O)c1ccc(C#CCN)s1. The summed E-state index contributed by atoms with van der Waals surface area (Å²) in [5, 5.41) is 2.61. The van der Waals surface area contributed by atoms with Crippen molar-refractivity contribution in [1.82, 2.24) is 10.2 Å². The lowest BCUT2D eigenvalue weighted by atomic mass is 10.2. The van der Waals surface area contributed by atoms with E-state index in [0.29, 0.717) is 18.0 Å². The van der Waals surface area contributed by atoms with Gasteiger partial charge >= 0.3 is 0 Å². The van der Waals surface area contributed by atoms with Gasteiger partial charge in [-0.1, -0.05) is 11.8 Å². The van der Waals surface area contributed by atoms with Gasteiger partial charge in [0.05, 0.1) is 16.3 Å². The predicted octanol–water partition coefficient (Wildman–Crippen LogP) is 0.409. The third-order valence-corrected chi connectivity index (χ3v) is 4.18. The lowest BCUT2D eigenvalue weighted by molar-refractivity contribution is -0.124. The number of carbonyl (C=O) groups excluding carboxylic acids is 2. The van der Waals surface area contributed by atoms with Crippen LogP contribution in [0.25, 0.3) is 0 Å². The quantitative estimate of drug-likeness (QED) is 0.775. The van der Waals surface area contributed by atoms with Gasteiger partial charge in [-0.15, -0.1) is 11.3 Å². The monoisotopic (exact) mass is 291 g/mol. The summed E-state index contributed by atoms with van der Waals surface area (Å²) in [7, 11) is 1.59. The molecule has 5 nitrogen and oxygen atoms in total. The molecule has 0 bridgehead atoms. The zero-order chi connectivity index (χ0) is 14.5. The molecule has 0 radical (unpaired) electrons. The highest BCUT2D eigenvalue weighted by atomic mass is 32.1. The lowest BCUT2D eigenvalue weighted by Crippen LogP contribution is -2.44. The summed E-state index contributed by atoms with van der Waals surface area (Å²) in [5.41, 5.74) is 5.32. The lowest BCUT2D eigenvalue weighted by Gasteiger charge is -2.22. The van der Waals surface area contributed by atoms with Crippen molar-refractivity contribution in [2.75, 3.05) is 20.1 Å². The molecule has 2 amide bonds. The van der Waals surface area contributed by atoms with Crippen molar-refractivity contribution in [2.24, 2.45) is 5.73 Å². The second kappa shape index (κ2) is 6.55. The molecule has 1 saturated heterocycles. The van der Waals surface area contributed by atoms with Crippen molar-refractivity contribution in [3.05, 3.63) is 21.9 Å². The molecule has 2 rings (SSSR count). The number of amides is 2. The highest BCUT2D eigenvalue weighted by Gasteiger charge is 2.34. The molecular weight excluding hydrogens is 274 g/mol. The molecule has 6 heteroatoms. The van der Waals surface area contributed by atoms with Crippen molar-refractivity contribution < 1.29 is 9.59 Å². The summed E-state index contributed by atoms with van der Waals surface area (Å²) in [6.07, 6.45) is 1.58. The van der Waals surface area contributed by atoms with Crippen molar-refractivity contribution in [3.8, 4) is 11.8 Å². The van der Waals surface area contributed by atoms with Crippen LogP contribution in [0.15, 0.2) is 12.1 Å². The molecule has 1 unspecified atom stereocenters. The van der Waals surface area contributed by atoms with E-state index in [1.807, 2.05) is 6.07 Å². The molecule has 1 fully saturated rings. The first-order valence-electron chi connectivity index (χ1n) is 6.48. The van der Waals surface area contributed by atoms with E-state index in [9.17, 15) is 9.59 Å². The summed E-state index contributed by atoms with van der Waals surface area (Å²) >= 11 is 1.34. The molecule has 0 spiro atoms. The fraction of sp³-hybridized carbons (Fsp3) is 0.429. The van der Waals surface area contributed by atoms with Gasteiger partial charge < -0.3 is 16.0 Å².